The van der Waals surface area contributed by atoms with E-state index in [9.17, 15) is 4.79 Å². The minimum atomic E-state index is -0.463. The third-order valence-electron chi connectivity index (χ3n) is 4.12. The summed E-state index contributed by atoms with van der Waals surface area (Å²) >= 11 is 0. The van der Waals surface area contributed by atoms with E-state index in [0.717, 1.165) is 43.9 Å². The molecule has 5 heteroatoms. The van der Waals surface area contributed by atoms with Crippen LogP contribution in [0.15, 0.2) is 18.3 Å². The summed E-state index contributed by atoms with van der Waals surface area (Å²) < 4.78 is 5.53. The molecule has 1 aromatic heterocycles. The van der Waals surface area contributed by atoms with Crippen LogP contribution in [0.25, 0.3) is 0 Å². The number of amides is 1. The van der Waals surface area contributed by atoms with E-state index in [1.54, 1.807) is 0 Å². The van der Waals surface area contributed by atoms with Crippen molar-refractivity contribution < 1.29 is 9.53 Å². The molecule has 128 valence electrons. The van der Waals surface area contributed by atoms with Crippen LogP contribution in [0.3, 0.4) is 0 Å². The summed E-state index contributed by atoms with van der Waals surface area (Å²) in [7, 11) is 0. The molecule has 2 rings (SSSR count). The summed E-state index contributed by atoms with van der Waals surface area (Å²) in [4.78, 5) is 21.0. The summed E-state index contributed by atoms with van der Waals surface area (Å²) in [6.45, 7) is 12.6. The molecule has 1 fully saturated rings. The second-order valence-electron chi connectivity index (χ2n) is 6.95. The lowest BCUT2D eigenvalue weighted by molar-refractivity contribution is 0.0224. The Hall–Kier alpha value is -1.78. The zero-order chi connectivity index (χ0) is 17.0. The van der Waals surface area contributed by atoms with E-state index < -0.39 is 5.60 Å². The fraction of sp³-hybridized carbons (Fsp3) is 0.667. The van der Waals surface area contributed by atoms with E-state index in [2.05, 4.69) is 29.8 Å². The van der Waals surface area contributed by atoms with Gasteiger partial charge < -0.3 is 14.5 Å². The first kappa shape index (κ1) is 17.6. The molecule has 1 aromatic rings. The predicted molar refractivity (Wildman–Crippen MR) is 92.7 cm³/mol. The number of pyridine rings is 1. The second-order valence-corrected chi connectivity index (χ2v) is 6.95. The molecule has 2 heterocycles. The fourth-order valence-corrected chi connectivity index (χ4v) is 2.98. The Morgan fingerprint density at radius 3 is 2.57 bits per heavy atom. The SMILES string of the molecule is CCN(CC)c1ccc([C@@H]2CCCN2C(=O)OC(C)(C)C)cn1. The molecule has 0 unspecified atom stereocenters. The van der Waals surface area contributed by atoms with Gasteiger partial charge in [0.05, 0.1) is 6.04 Å². The Kier molecular flexibility index (Phi) is 5.50. The minimum Gasteiger partial charge on any atom is -0.444 e. The van der Waals surface area contributed by atoms with Crippen LogP contribution in [0.1, 0.15) is 59.1 Å². The molecule has 0 aromatic carbocycles. The molecule has 1 saturated heterocycles. The van der Waals surface area contributed by atoms with Gasteiger partial charge in [-0.2, -0.15) is 0 Å². The third-order valence-corrected chi connectivity index (χ3v) is 4.12. The van der Waals surface area contributed by atoms with Gasteiger partial charge in [0.1, 0.15) is 11.4 Å². The van der Waals surface area contributed by atoms with Crippen LogP contribution in [-0.2, 0) is 4.74 Å². The Morgan fingerprint density at radius 2 is 2.04 bits per heavy atom. The summed E-state index contributed by atoms with van der Waals surface area (Å²) in [6.07, 6.45) is 3.64. The highest BCUT2D eigenvalue weighted by molar-refractivity contribution is 5.69. The lowest BCUT2D eigenvalue weighted by atomic mass is 10.1. The maximum atomic E-state index is 12.4. The number of rotatable bonds is 4. The number of ether oxygens (including phenoxy) is 1. The zero-order valence-corrected chi connectivity index (χ0v) is 15.0. The van der Waals surface area contributed by atoms with Crippen molar-refractivity contribution in [2.45, 2.75) is 59.1 Å². The van der Waals surface area contributed by atoms with E-state index >= 15 is 0 Å². The summed E-state index contributed by atoms with van der Waals surface area (Å²) in [5, 5.41) is 0. The number of likely N-dealkylation sites (tertiary alicyclic amines) is 1. The van der Waals surface area contributed by atoms with E-state index in [1.165, 1.54) is 0 Å². The molecule has 0 bridgehead atoms. The van der Waals surface area contributed by atoms with Crippen molar-refractivity contribution >= 4 is 11.9 Å². The van der Waals surface area contributed by atoms with Crippen molar-refractivity contribution in [1.82, 2.24) is 9.88 Å². The molecule has 0 N–H and O–H groups in total. The van der Waals surface area contributed by atoms with Gasteiger partial charge in [0.2, 0.25) is 0 Å². The Labute approximate surface area is 139 Å². The van der Waals surface area contributed by atoms with Gasteiger partial charge in [0, 0.05) is 25.8 Å². The molecule has 5 nitrogen and oxygen atoms in total. The van der Waals surface area contributed by atoms with Gasteiger partial charge in [-0.05, 0) is 59.1 Å². The van der Waals surface area contributed by atoms with Crippen molar-refractivity contribution in [3.63, 3.8) is 0 Å². The van der Waals surface area contributed by atoms with Crippen LogP contribution in [0.4, 0.5) is 10.6 Å². The molecule has 23 heavy (non-hydrogen) atoms. The minimum absolute atomic E-state index is 0.0723. The Morgan fingerprint density at radius 1 is 1.35 bits per heavy atom. The number of carbonyl (C=O) groups excluding carboxylic acids is 1. The summed E-state index contributed by atoms with van der Waals surface area (Å²) in [6, 6.07) is 4.21. The van der Waals surface area contributed by atoms with E-state index in [0.29, 0.717) is 0 Å². The van der Waals surface area contributed by atoms with Crippen LogP contribution >= 0.6 is 0 Å². The first-order valence-electron chi connectivity index (χ1n) is 8.56. The Balaban J connectivity index is 2.12. The molecule has 1 aliphatic heterocycles. The van der Waals surface area contributed by atoms with Crippen LogP contribution in [-0.4, -0.2) is 41.2 Å². The molecule has 1 aliphatic rings. The van der Waals surface area contributed by atoms with Crippen LogP contribution < -0.4 is 4.90 Å². The highest BCUT2D eigenvalue weighted by Crippen LogP contribution is 2.33. The van der Waals surface area contributed by atoms with E-state index in [1.807, 2.05) is 37.9 Å². The number of nitrogens with zero attached hydrogens (tertiary/aromatic N) is 3. The molecule has 1 atom stereocenters. The van der Waals surface area contributed by atoms with Crippen LogP contribution in [0.5, 0.6) is 0 Å². The van der Waals surface area contributed by atoms with Gasteiger partial charge in [-0.25, -0.2) is 9.78 Å². The van der Waals surface area contributed by atoms with Gasteiger partial charge in [-0.15, -0.1) is 0 Å². The lowest BCUT2D eigenvalue weighted by Gasteiger charge is -2.29. The standard InChI is InChI=1S/C18H29N3O2/c1-6-20(7-2)16-11-10-14(13-19-16)15-9-8-12-21(15)17(22)23-18(3,4)5/h10-11,13,15H,6-9,12H2,1-5H3/t15-/m0/s1. The molecule has 0 aliphatic carbocycles. The first-order valence-corrected chi connectivity index (χ1v) is 8.56. The normalized spacial score (nSPS) is 18.1. The maximum absolute atomic E-state index is 12.4. The average molecular weight is 319 g/mol. The molecular weight excluding hydrogens is 290 g/mol. The van der Waals surface area contributed by atoms with Crippen LogP contribution in [0.2, 0.25) is 0 Å². The third kappa shape index (κ3) is 4.36. The molecule has 0 saturated carbocycles. The quantitative estimate of drug-likeness (QED) is 0.841. The number of anilines is 1. The number of carbonyl (C=O) groups is 1. The topological polar surface area (TPSA) is 45.7 Å². The highest BCUT2D eigenvalue weighted by atomic mass is 16.6. The van der Waals surface area contributed by atoms with Gasteiger partial charge >= 0.3 is 6.09 Å². The first-order chi connectivity index (χ1) is 10.9. The van der Waals surface area contributed by atoms with Gasteiger partial charge in [-0.3, -0.25) is 0 Å². The smallest absolute Gasteiger partial charge is 0.410 e. The van der Waals surface area contributed by atoms with Crippen molar-refractivity contribution in [2.24, 2.45) is 0 Å². The monoisotopic (exact) mass is 319 g/mol. The van der Waals surface area contributed by atoms with Crippen LogP contribution in [0, 0.1) is 0 Å². The molecule has 0 radical (unpaired) electrons. The fourth-order valence-electron chi connectivity index (χ4n) is 2.98. The Bertz CT molecular complexity index is 518. The van der Waals surface area contributed by atoms with Gasteiger partial charge in [-0.1, -0.05) is 6.07 Å². The largest absolute Gasteiger partial charge is 0.444 e. The van der Waals surface area contributed by atoms with E-state index in [4.69, 9.17) is 4.74 Å². The second kappa shape index (κ2) is 7.20. The summed E-state index contributed by atoms with van der Waals surface area (Å²) in [5.41, 5.74) is 0.624. The maximum Gasteiger partial charge on any atom is 0.410 e. The predicted octanol–water partition coefficient (Wildman–Crippen LogP) is 4.00. The lowest BCUT2D eigenvalue weighted by Crippen LogP contribution is -2.36. The van der Waals surface area contributed by atoms with Crippen molar-refractivity contribution in [2.75, 3.05) is 24.5 Å². The van der Waals surface area contributed by atoms with Crippen molar-refractivity contribution in [3.05, 3.63) is 23.9 Å². The average Bonchev–Trinajstić information content (AvgIpc) is 2.97. The zero-order valence-electron chi connectivity index (χ0n) is 15.0. The van der Waals surface area contributed by atoms with Gasteiger partial charge in [0.25, 0.3) is 0 Å². The van der Waals surface area contributed by atoms with Gasteiger partial charge in [0.15, 0.2) is 0 Å². The number of hydrogen-bond acceptors (Lipinski definition) is 4. The molecule has 0 spiro atoms. The van der Waals surface area contributed by atoms with Crippen molar-refractivity contribution in [1.29, 1.82) is 0 Å². The molecular formula is C18H29N3O2. The number of hydrogen-bond donors (Lipinski definition) is 0. The summed E-state index contributed by atoms with van der Waals surface area (Å²) in [5.74, 6) is 0.987. The number of aromatic nitrogens is 1. The molecule has 1 amide bonds. The van der Waals surface area contributed by atoms with Crippen molar-refractivity contribution in [3.8, 4) is 0 Å². The van der Waals surface area contributed by atoms with E-state index in [-0.39, 0.29) is 12.1 Å². The highest BCUT2D eigenvalue weighted by Gasteiger charge is 2.33.